The molecule has 1 unspecified atom stereocenters. The molecule has 0 aliphatic heterocycles. The molecular formula is C10H22N2. The van der Waals surface area contributed by atoms with Crippen molar-refractivity contribution in [2.24, 2.45) is 17.4 Å². The summed E-state index contributed by atoms with van der Waals surface area (Å²) in [4.78, 5) is 0. The Morgan fingerprint density at radius 2 is 1.75 bits per heavy atom. The second-order valence-corrected chi connectivity index (χ2v) is 4.48. The van der Waals surface area contributed by atoms with Gasteiger partial charge in [-0.15, -0.1) is 0 Å². The summed E-state index contributed by atoms with van der Waals surface area (Å²) in [5, 5.41) is 0. The van der Waals surface area contributed by atoms with Gasteiger partial charge >= 0.3 is 0 Å². The zero-order valence-corrected chi connectivity index (χ0v) is 8.18. The summed E-state index contributed by atoms with van der Waals surface area (Å²) in [5.41, 5.74) is 11.5. The highest BCUT2D eigenvalue weighted by atomic mass is 14.9. The molecule has 0 amide bonds. The Bertz CT molecular complexity index is 132. The van der Waals surface area contributed by atoms with Crippen LogP contribution in [0.5, 0.6) is 0 Å². The van der Waals surface area contributed by atoms with Crippen LogP contribution in [0.15, 0.2) is 0 Å². The summed E-state index contributed by atoms with van der Waals surface area (Å²) in [6.07, 6.45) is 8.43. The van der Waals surface area contributed by atoms with Crippen LogP contribution in [0.1, 0.15) is 51.9 Å². The molecule has 0 radical (unpaired) electrons. The van der Waals surface area contributed by atoms with Crippen LogP contribution >= 0.6 is 0 Å². The smallest absolute Gasteiger partial charge is 0.0636 e. The lowest BCUT2D eigenvalue weighted by atomic mass is 9.95. The van der Waals surface area contributed by atoms with E-state index in [4.69, 9.17) is 11.5 Å². The molecule has 0 spiro atoms. The van der Waals surface area contributed by atoms with Crippen molar-refractivity contribution in [3.05, 3.63) is 0 Å². The second-order valence-electron chi connectivity index (χ2n) is 4.48. The summed E-state index contributed by atoms with van der Waals surface area (Å²) in [6.45, 7) is 2.31. The zero-order chi connectivity index (χ0) is 9.03. The zero-order valence-electron chi connectivity index (χ0n) is 8.18. The van der Waals surface area contributed by atoms with Crippen molar-refractivity contribution in [2.75, 3.05) is 0 Å². The normalized spacial score (nSPS) is 31.8. The van der Waals surface area contributed by atoms with E-state index in [1.807, 2.05) is 0 Å². The minimum atomic E-state index is -0.376. The van der Waals surface area contributed by atoms with E-state index in [2.05, 4.69) is 6.92 Å². The molecule has 1 aliphatic carbocycles. The number of hydrogen-bond acceptors (Lipinski definition) is 2. The molecule has 2 heteroatoms. The van der Waals surface area contributed by atoms with Gasteiger partial charge in [0.15, 0.2) is 0 Å². The molecule has 0 aromatic heterocycles. The van der Waals surface area contributed by atoms with E-state index >= 15 is 0 Å². The van der Waals surface area contributed by atoms with Gasteiger partial charge in [-0.1, -0.05) is 32.6 Å². The van der Waals surface area contributed by atoms with Crippen LogP contribution in [0.4, 0.5) is 0 Å². The van der Waals surface area contributed by atoms with Crippen LogP contribution in [0.25, 0.3) is 0 Å². The summed E-state index contributed by atoms with van der Waals surface area (Å²) in [7, 11) is 0. The van der Waals surface area contributed by atoms with Crippen LogP contribution in [-0.2, 0) is 0 Å². The number of nitrogens with two attached hydrogens (primary N) is 2. The highest BCUT2D eigenvalue weighted by molar-refractivity contribution is 4.78. The molecule has 1 rings (SSSR count). The van der Waals surface area contributed by atoms with Gasteiger partial charge in [0, 0.05) is 0 Å². The van der Waals surface area contributed by atoms with Gasteiger partial charge in [0.2, 0.25) is 0 Å². The highest BCUT2D eigenvalue weighted by Gasteiger charge is 2.20. The van der Waals surface area contributed by atoms with Crippen molar-refractivity contribution in [1.29, 1.82) is 0 Å². The average Bonchev–Trinajstić information content (AvgIpc) is 2.05. The van der Waals surface area contributed by atoms with Crippen molar-refractivity contribution in [2.45, 2.75) is 57.5 Å². The van der Waals surface area contributed by atoms with Crippen molar-refractivity contribution in [1.82, 2.24) is 0 Å². The van der Waals surface area contributed by atoms with Crippen molar-refractivity contribution in [3.8, 4) is 0 Å². The van der Waals surface area contributed by atoms with E-state index in [0.29, 0.717) is 0 Å². The van der Waals surface area contributed by atoms with Crippen LogP contribution in [0.3, 0.4) is 0 Å². The first kappa shape index (κ1) is 10.0. The largest absolute Gasteiger partial charge is 0.313 e. The Balaban J connectivity index is 2.40. The van der Waals surface area contributed by atoms with Crippen molar-refractivity contribution in [3.63, 3.8) is 0 Å². The maximum atomic E-state index is 5.96. The van der Waals surface area contributed by atoms with Gasteiger partial charge in [-0.2, -0.15) is 0 Å². The first-order valence-electron chi connectivity index (χ1n) is 5.18. The standard InChI is InChI=1S/C10H22N2/c1-9-5-3-2-4-7-10(11,12)8-6-9/h9H,2-8,11-12H2,1H3. The third-order valence-corrected chi connectivity index (χ3v) is 2.94. The summed E-state index contributed by atoms with van der Waals surface area (Å²) < 4.78 is 0. The van der Waals surface area contributed by atoms with Gasteiger partial charge in [0.25, 0.3) is 0 Å². The fourth-order valence-corrected chi connectivity index (χ4v) is 1.91. The Morgan fingerprint density at radius 3 is 2.50 bits per heavy atom. The van der Waals surface area contributed by atoms with E-state index in [0.717, 1.165) is 18.8 Å². The van der Waals surface area contributed by atoms with Crippen molar-refractivity contribution < 1.29 is 0 Å². The van der Waals surface area contributed by atoms with Gasteiger partial charge in [0.05, 0.1) is 5.66 Å². The first-order valence-corrected chi connectivity index (χ1v) is 5.18. The molecule has 0 bridgehead atoms. The molecule has 0 heterocycles. The van der Waals surface area contributed by atoms with E-state index < -0.39 is 0 Å². The minimum absolute atomic E-state index is 0.376. The summed E-state index contributed by atoms with van der Waals surface area (Å²) >= 11 is 0. The minimum Gasteiger partial charge on any atom is -0.313 e. The van der Waals surface area contributed by atoms with E-state index in [1.54, 1.807) is 0 Å². The molecule has 0 aromatic rings. The highest BCUT2D eigenvalue weighted by Crippen LogP contribution is 2.23. The Kier molecular flexibility index (Phi) is 3.53. The molecule has 4 N–H and O–H groups in total. The predicted molar refractivity (Wildman–Crippen MR) is 52.6 cm³/mol. The summed E-state index contributed by atoms with van der Waals surface area (Å²) in [6, 6.07) is 0. The quantitative estimate of drug-likeness (QED) is 0.546. The molecule has 12 heavy (non-hydrogen) atoms. The lowest BCUT2D eigenvalue weighted by molar-refractivity contribution is 0.341. The molecule has 1 saturated carbocycles. The maximum absolute atomic E-state index is 5.96. The summed E-state index contributed by atoms with van der Waals surface area (Å²) in [5.74, 6) is 0.814. The Hall–Kier alpha value is -0.0800. The molecule has 1 atom stereocenters. The average molecular weight is 170 g/mol. The molecular weight excluding hydrogens is 148 g/mol. The van der Waals surface area contributed by atoms with Gasteiger partial charge in [0.1, 0.15) is 0 Å². The fraction of sp³-hybridized carbons (Fsp3) is 1.00. The number of rotatable bonds is 0. The molecule has 1 aliphatic rings. The molecule has 2 nitrogen and oxygen atoms in total. The second kappa shape index (κ2) is 4.24. The van der Waals surface area contributed by atoms with E-state index in [9.17, 15) is 0 Å². The monoisotopic (exact) mass is 170 g/mol. The molecule has 0 saturated heterocycles. The predicted octanol–water partition coefficient (Wildman–Crippen LogP) is 1.98. The molecule has 0 aromatic carbocycles. The maximum Gasteiger partial charge on any atom is 0.0636 e. The number of hydrogen-bond donors (Lipinski definition) is 2. The first-order chi connectivity index (χ1) is 5.60. The third-order valence-electron chi connectivity index (χ3n) is 2.94. The Morgan fingerprint density at radius 1 is 1.00 bits per heavy atom. The van der Waals surface area contributed by atoms with Crippen LogP contribution < -0.4 is 11.5 Å². The SMILES string of the molecule is CC1CCCCCC(N)(N)CC1. The van der Waals surface area contributed by atoms with Crippen LogP contribution in [0.2, 0.25) is 0 Å². The van der Waals surface area contributed by atoms with Crippen LogP contribution in [0, 0.1) is 5.92 Å². The van der Waals surface area contributed by atoms with Gasteiger partial charge in [-0.05, 0) is 25.2 Å². The molecule has 1 fully saturated rings. The van der Waals surface area contributed by atoms with Gasteiger partial charge in [-0.3, -0.25) is 0 Å². The topological polar surface area (TPSA) is 52.0 Å². The molecule has 72 valence electrons. The third kappa shape index (κ3) is 3.55. The fourth-order valence-electron chi connectivity index (χ4n) is 1.91. The Labute approximate surface area is 75.7 Å². The van der Waals surface area contributed by atoms with Crippen molar-refractivity contribution >= 4 is 0 Å². The van der Waals surface area contributed by atoms with Gasteiger partial charge in [-0.25, -0.2) is 0 Å². The lowest BCUT2D eigenvalue weighted by Crippen LogP contribution is -2.49. The van der Waals surface area contributed by atoms with E-state index in [1.165, 1.54) is 32.1 Å². The lowest BCUT2D eigenvalue weighted by Gasteiger charge is -2.24. The van der Waals surface area contributed by atoms with Gasteiger partial charge < -0.3 is 11.5 Å². The van der Waals surface area contributed by atoms with E-state index in [-0.39, 0.29) is 5.66 Å². The van der Waals surface area contributed by atoms with Crippen LogP contribution in [-0.4, -0.2) is 5.66 Å².